The minimum Gasteiger partial charge on any atom is -0.374 e. The van der Waals surface area contributed by atoms with E-state index in [1.165, 1.54) is 6.42 Å². The average Bonchev–Trinajstić information content (AvgIpc) is 2.42. The molecule has 0 aliphatic carbocycles. The zero-order valence-electron chi connectivity index (χ0n) is 14.5. The van der Waals surface area contributed by atoms with Crippen molar-refractivity contribution < 1.29 is 4.74 Å². The number of likely N-dealkylation sites (N-methyl/N-ethyl adjacent to an activating group) is 1. The van der Waals surface area contributed by atoms with Gasteiger partial charge in [0.25, 0.3) is 0 Å². The van der Waals surface area contributed by atoms with E-state index < -0.39 is 0 Å². The van der Waals surface area contributed by atoms with Crippen LogP contribution in [0.2, 0.25) is 0 Å². The molecule has 0 bridgehead atoms. The first-order chi connectivity index (χ1) is 10.1. The summed E-state index contributed by atoms with van der Waals surface area (Å²) in [6.07, 6.45) is 1.56. The number of guanidine groups is 1. The van der Waals surface area contributed by atoms with Crippen LogP contribution < -0.4 is 5.32 Å². The Bertz CT molecular complexity index is 343. The number of nitrogens with zero attached hydrogens (tertiary/aromatic N) is 3. The lowest BCUT2D eigenvalue weighted by Gasteiger charge is -2.37. The zero-order chi connectivity index (χ0) is 15.2. The van der Waals surface area contributed by atoms with E-state index in [2.05, 4.69) is 42.9 Å². The molecule has 3 unspecified atom stereocenters. The van der Waals surface area contributed by atoms with Crippen molar-refractivity contribution >= 4 is 29.9 Å². The molecule has 0 amide bonds. The van der Waals surface area contributed by atoms with Crippen LogP contribution in [-0.4, -0.2) is 74.8 Å². The lowest BCUT2D eigenvalue weighted by atomic mass is 9.92. The molecule has 2 rings (SSSR count). The summed E-state index contributed by atoms with van der Waals surface area (Å²) in [5, 5.41) is 3.45. The molecule has 2 fully saturated rings. The van der Waals surface area contributed by atoms with Crippen molar-refractivity contribution in [3.8, 4) is 0 Å². The van der Waals surface area contributed by atoms with Crippen molar-refractivity contribution in [2.24, 2.45) is 16.8 Å². The number of ether oxygens (including phenoxy) is 1. The molecule has 0 aromatic rings. The molecule has 0 radical (unpaired) electrons. The molecular weight excluding hydrogens is 391 g/mol. The summed E-state index contributed by atoms with van der Waals surface area (Å²) in [4.78, 5) is 9.59. The van der Waals surface area contributed by atoms with Crippen molar-refractivity contribution in [1.82, 2.24) is 15.1 Å². The van der Waals surface area contributed by atoms with E-state index in [-0.39, 0.29) is 30.1 Å². The molecule has 2 aliphatic rings. The van der Waals surface area contributed by atoms with Gasteiger partial charge in [0.15, 0.2) is 5.96 Å². The predicted octanol–water partition coefficient (Wildman–Crippen LogP) is 1.88. The number of rotatable bonds is 3. The fraction of sp³-hybridized carbons (Fsp3) is 0.938. The van der Waals surface area contributed by atoms with Crippen molar-refractivity contribution in [3.63, 3.8) is 0 Å². The highest BCUT2D eigenvalue weighted by Crippen LogP contribution is 2.21. The average molecular weight is 424 g/mol. The highest BCUT2D eigenvalue weighted by Gasteiger charge is 2.24. The molecule has 0 spiro atoms. The maximum Gasteiger partial charge on any atom is 0.194 e. The van der Waals surface area contributed by atoms with Gasteiger partial charge in [-0.25, -0.2) is 0 Å². The van der Waals surface area contributed by atoms with Crippen molar-refractivity contribution in [1.29, 1.82) is 0 Å². The molecule has 0 aromatic heterocycles. The normalized spacial score (nSPS) is 30.8. The van der Waals surface area contributed by atoms with E-state index in [1.54, 1.807) is 0 Å². The van der Waals surface area contributed by atoms with E-state index in [1.807, 2.05) is 0 Å². The summed E-state index contributed by atoms with van der Waals surface area (Å²) in [7, 11) is 2.15. The molecule has 6 heteroatoms. The Morgan fingerprint density at radius 1 is 1.23 bits per heavy atom. The third kappa shape index (κ3) is 6.20. The summed E-state index contributed by atoms with van der Waals surface area (Å²) in [6, 6.07) is 0. The lowest BCUT2D eigenvalue weighted by Crippen LogP contribution is -2.49. The van der Waals surface area contributed by atoms with Gasteiger partial charge < -0.3 is 19.9 Å². The van der Waals surface area contributed by atoms with Gasteiger partial charge in [-0.05, 0) is 32.2 Å². The van der Waals surface area contributed by atoms with Gasteiger partial charge in [0.05, 0.1) is 19.3 Å². The second kappa shape index (κ2) is 9.93. The topological polar surface area (TPSA) is 40.1 Å². The first-order valence-electron chi connectivity index (χ1n) is 8.41. The standard InChI is InChI=1S/C16H32N4O.HI/c1-5-17-16(20-10-13(2)8-14(3)11-20)18-9-15-12-19(4)6-7-21-15;/h13-15H,5-12H2,1-4H3,(H,17,18);1H. The van der Waals surface area contributed by atoms with Crippen LogP contribution >= 0.6 is 24.0 Å². The van der Waals surface area contributed by atoms with Gasteiger partial charge in [0.1, 0.15) is 0 Å². The maximum atomic E-state index is 5.81. The predicted molar refractivity (Wildman–Crippen MR) is 103 cm³/mol. The number of morpholine rings is 1. The summed E-state index contributed by atoms with van der Waals surface area (Å²) in [5.41, 5.74) is 0. The summed E-state index contributed by atoms with van der Waals surface area (Å²) >= 11 is 0. The highest BCUT2D eigenvalue weighted by molar-refractivity contribution is 14.0. The second-order valence-corrected chi connectivity index (χ2v) is 6.80. The van der Waals surface area contributed by atoms with E-state index in [0.717, 1.165) is 63.7 Å². The van der Waals surface area contributed by atoms with E-state index in [0.29, 0.717) is 0 Å². The van der Waals surface area contributed by atoms with Crippen molar-refractivity contribution in [2.45, 2.75) is 33.3 Å². The smallest absolute Gasteiger partial charge is 0.194 e. The Kier molecular flexibility index (Phi) is 9.01. The number of hydrogen-bond donors (Lipinski definition) is 1. The summed E-state index contributed by atoms with van der Waals surface area (Å²) in [6.45, 7) is 13.6. The molecule has 2 saturated heterocycles. The third-order valence-corrected chi connectivity index (χ3v) is 4.29. The van der Waals surface area contributed by atoms with Crippen LogP contribution in [0.5, 0.6) is 0 Å². The van der Waals surface area contributed by atoms with Gasteiger partial charge in [0.2, 0.25) is 0 Å². The van der Waals surface area contributed by atoms with Gasteiger partial charge in [-0.15, -0.1) is 24.0 Å². The van der Waals surface area contributed by atoms with Crippen LogP contribution in [0, 0.1) is 11.8 Å². The Balaban J connectivity index is 0.00000242. The largest absolute Gasteiger partial charge is 0.374 e. The van der Waals surface area contributed by atoms with Gasteiger partial charge in [-0.1, -0.05) is 13.8 Å². The molecule has 22 heavy (non-hydrogen) atoms. The Labute approximate surface area is 152 Å². The zero-order valence-corrected chi connectivity index (χ0v) is 16.9. The molecule has 2 aliphatic heterocycles. The van der Waals surface area contributed by atoms with E-state index >= 15 is 0 Å². The minimum absolute atomic E-state index is 0. The number of hydrogen-bond acceptors (Lipinski definition) is 3. The number of halogens is 1. The highest BCUT2D eigenvalue weighted by atomic mass is 127. The molecule has 3 atom stereocenters. The molecule has 130 valence electrons. The van der Waals surface area contributed by atoms with Crippen LogP contribution in [0.3, 0.4) is 0 Å². The monoisotopic (exact) mass is 424 g/mol. The summed E-state index contributed by atoms with van der Waals surface area (Å²) in [5.74, 6) is 2.55. The molecule has 0 aromatic carbocycles. The second-order valence-electron chi connectivity index (χ2n) is 6.80. The van der Waals surface area contributed by atoms with Gasteiger partial charge >= 0.3 is 0 Å². The Morgan fingerprint density at radius 3 is 2.50 bits per heavy atom. The van der Waals surface area contributed by atoms with Crippen LogP contribution in [0.4, 0.5) is 0 Å². The van der Waals surface area contributed by atoms with Crippen LogP contribution in [-0.2, 0) is 4.74 Å². The number of nitrogens with one attached hydrogen (secondary N) is 1. The Morgan fingerprint density at radius 2 is 1.91 bits per heavy atom. The fourth-order valence-electron chi connectivity index (χ4n) is 3.43. The number of likely N-dealkylation sites (tertiary alicyclic amines) is 1. The van der Waals surface area contributed by atoms with Crippen molar-refractivity contribution in [3.05, 3.63) is 0 Å². The van der Waals surface area contributed by atoms with Gasteiger partial charge in [0, 0.05) is 32.7 Å². The Hall–Kier alpha value is -0.0800. The first-order valence-corrected chi connectivity index (χ1v) is 8.41. The lowest BCUT2D eigenvalue weighted by molar-refractivity contribution is -0.0137. The number of piperidine rings is 1. The SMILES string of the molecule is CCNC(=NCC1CN(C)CCO1)N1CC(C)CC(C)C1.I. The summed E-state index contributed by atoms with van der Waals surface area (Å²) < 4.78 is 5.81. The van der Waals surface area contributed by atoms with Crippen molar-refractivity contribution in [2.75, 3.05) is 52.9 Å². The molecule has 5 nitrogen and oxygen atoms in total. The molecule has 1 N–H and O–H groups in total. The fourth-order valence-corrected chi connectivity index (χ4v) is 3.43. The number of aliphatic imine (C=N–C) groups is 1. The quantitative estimate of drug-likeness (QED) is 0.427. The van der Waals surface area contributed by atoms with E-state index in [9.17, 15) is 0 Å². The van der Waals surface area contributed by atoms with Gasteiger partial charge in [-0.3, -0.25) is 4.99 Å². The van der Waals surface area contributed by atoms with Gasteiger partial charge in [-0.2, -0.15) is 0 Å². The molecule has 0 saturated carbocycles. The minimum atomic E-state index is 0. The van der Waals surface area contributed by atoms with Crippen LogP contribution in [0.1, 0.15) is 27.2 Å². The molecule has 2 heterocycles. The van der Waals surface area contributed by atoms with Crippen LogP contribution in [0.25, 0.3) is 0 Å². The maximum absolute atomic E-state index is 5.81. The first kappa shape index (κ1) is 20.0. The third-order valence-electron chi connectivity index (χ3n) is 4.29. The molecular formula is C16H33IN4O. The van der Waals surface area contributed by atoms with E-state index in [4.69, 9.17) is 9.73 Å². The van der Waals surface area contributed by atoms with Crippen LogP contribution in [0.15, 0.2) is 4.99 Å².